The van der Waals surface area contributed by atoms with Gasteiger partial charge in [0.15, 0.2) is 0 Å². The Kier molecular flexibility index (Phi) is 5.28. The second-order valence-electron chi connectivity index (χ2n) is 8.75. The molecule has 4 aromatic rings. The minimum absolute atomic E-state index is 0.259. The summed E-state index contributed by atoms with van der Waals surface area (Å²) >= 11 is 0. The van der Waals surface area contributed by atoms with Crippen LogP contribution >= 0.6 is 0 Å². The van der Waals surface area contributed by atoms with E-state index in [1.54, 1.807) is 7.11 Å². The predicted octanol–water partition coefficient (Wildman–Crippen LogP) is 5.31. The number of aromatic amines is 1. The van der Waals surface area contributed by atoms with Gasteiger partial charge in [-0.1, -0.05) is 18.2 Å². The second kappa shape index (κ2) is 8.23. The van der Waals surface area contributed by atoms with Gasteiger partial charge in [-0.05, 0) is 74.1 Å². The number of para-hydroxylation sites is 1. The molecule has 31 heavy (non-hydrogen) atoms. The molecule has 0 bridgehead atoms. The maximum Gasteiger partial charge on any atom is 0.130 e. The number of benzene rings is 2. The molecule has 5 heteroatoms. The normalized spacial score (nSPS) is 19.1. The second-order valence-corrected chi connectivity index (χ2v) is 8.75. The summed E-state index contributed by atoms with van der Waals surface area (Å²) in [5.41, 5.74) is 11.1. The molecule has 0 amide bonds. The van der Waals surface area contributed by atoms with Crippen LogP contribution in [-0.2, 0) is 6.54 Å². The van der Waals surface area contributed by atoms with Crippen molar-refractivity contribution >= 4 is 27.6 Å². The minimum Gasteiger partial charge on any atom is -0.497 e. The van der Waals surface area contributed by atoms with E-state index in [0.29, 0.717) is 6.04 Å². The summed E-state index contributed by atoms with van der Waals surface area (Å²) in [5, 5.41) is 2.41. The molecule has 1 fully saturated rings. The lowest BCUT2D eigenvalue weighted by Crippen LogP contribution is -2.42. The Morgan fingerprint density at radius 1 is 1.13 bits per heavy atom. The first kappa shape index (κ1) is 19.9. The van der Waals surface area contributed by atoms with Crippen LogP contribution < -0.4 is 15.4 Å². The van der Waals surface area contributed by atoms with E-state index in [4.69, 9.17) is 15.5 Å². The Morgan fingerprint density at radius 3 is 2.84 bits per heavy atom. The van der Waals surface area contributed by atoms with E-state index in [2.05, 4.69) is 65.5 Å². The number of hydrogen-bond donors (Lipinski definition) is 2. The first-order chi connectivity index (χ1) is 15.1. The number of ether oxygens (including phenoxy) is 1. The maximum absolute atomic E-state index is 6.39. The van der Waals surface area contributed by atoms with Gasteiger partial charge in [0.25, 0.3) is 0 Å². The van der Waals surface area contributed by atoms with Crippen LogP contribution in [0.1, 0.15) is 36.8 Å². The molecule has 3 N–H and O–H groups in total. The zero-order valence-corrected chi connectivity index (χ0v) is 18.3. The van der Waals surface area contributed by atoms with Crippen molar-refractivity contribution < 1.29 is 4.74 Å². The van der Waals surface area contributed by atoms with E-state index in [1.807, 2.05) is 6.07 Å². The zero-order chi connectivity index (χ0) is 21.4. The van der Waals surface area contributed by atoms with Gasteiger partial charge in [-0.15, -0.1) is 0 Å². The Hall–Kier alpha value is -3.05. The quantitative estimate of drug-likeness (QED) is 0.464. The fourth-order valence-electron chi connectivity index (χ4n) is 4.96. The highest BCUT2D eigenvalue weighted by molar-refractivity contribution is 5.86. The van der Waals surface area contributed by atoms with Crippen molar-refractivity contribution in [3.05, 3.63) is 65.9 Å². The molecule has 0 aliphatic heterocycles. The van der Waals surface area contributed by atoms with Crippen LogP contribution in [0.15, 0.2) is 54.7 Å². The number of methoxy groups -OCH3 is 1. The molecule has 160 valence electrons. The van der Waals surface area contributed by atoms with Crippen molar-refractivity contribution in [2.75, 3.05) is 12.0 Å². The van der Waals surface area contributed by atoms with Gasteiger partial charge >= 0.3 is 0 Å². The van der Waals surface area contributed by atoms with Crippen LogP contribution in [0.5, 0.6) is 5.75 Å². The first-order valence-electron chi connectivity index (χ1n) is 11.1. The molecule has 0 radical (unpaired) electrons. The molecule has 5 nitrogen and oxygen atoms in total. The van der Waals surface area contributed by atoms with Crippen molar-refractivity contribution in [2.45, 2.75) is 51.2 Å². The van der Waals surface area contributed by atoms with Crippen molar-refractivity contribution in [1.82, 2.24) is 9.97 Å². The van der Waals surface area contributed by atoms with E-state index in [-0.39, 0.29) is 6.04 Å². The van der Waals surface area contributed by atoms with Gasteiger partial charge in [-0.25, -0.2) is 4.98 Å². The largest absolute Gasteiger partial charge is 0.497 e. The third-order valence-corrected chi connectivity index (χ3v) is 6.65. The van der Waals surface area contributed by atoms with Crippen LogP contribution in [0.2, 0.25) is 0 Å². The Balaban J connectivity index is 1.58. The predicted molar refractivity (Wildman–Crippen MR) is 128 cm³/mol. The maximum atomic E-state index is 6.39. The lowest BCUT2D eigenvalue weighted by Gasteiger charge is -2.37. The van der Waals surface area contributed by atoms with E-state index >= 15 is 0 Å². The third-order valence-electron chi connectivity index (χ3n) is 6.65. The number of fused-ring (bicyclic) bond motifs is 2. The minimum atomic E-state index is 0.259. The topological polar surface area (TPSA) is 67.2 Å². The molecule has 2 aromatic heterocycles. The number of anilines is 1. The zero-order valence-electron chi connectivity index (χ0n) is 18.3. The smallest absolute Gasteiger partial charge is 0.130 e. The van der Waals surface area contributed by atoms with Crippen LogP contribution in [0.25, 0.3) is 21.8 Å². The number of hydrogen-bond acceptors (Lipinski definition) is 4. The van der Waals surface area contributed by atoms with Crippen molar-refractivity contribution in [3.63, 3.8) is 0 Å². The van der Waals surface area contributed by atoms with Gasteiger partial charge < -0.3 is 20.4 Å². The molecule has 5 rings (SSSR count). The molecule has 0 saturated heterocycles. The molecule has 1 aliphatic rings. The summed E-state index contributed by atoms with van der Waals surface area (Å²) in [5.74, 6) is 1.89. The lowest BCUT2D eigenvalue weighted by molar-refractivity contribution is 0.370. The molecule has 2 atom stereocenters. The Bertz CT molecular complexity index is 1210. The van der Waals surface area contributed by atoms with E-state index in [9.17, 15) is 0 Å². The molecule has 2 heterocycles. The standard InChI is InChI=1S/C26H30N4O/c1-17-12-26(29-25-11-10-21(31-2)14-23(17)25)30(20-7-5-6-19(27)13-20)16-18-15-28-24-9-4-3-8-22(18)24/h3-4,8-12,14-15,19-20,28H,5-7,13,16,27H2,1-2H3. The number of aryl methyl sites for hydroxylation is 1. The van der Waals surface area contributed by atoms with E-state index in [1.165, 1.54) is 28.5 Å². The van der Waals surface area contributed by atoms with Gasteiger partial charge in [0, 0.05) is 41.1 Å². The number of nitrogens with two attached hydrogens (primary N) is 1. The molecule has 1 saturated carbocycles. The van der Waals surface area contributed by atoms with Gasteiger partial charge in [0.1, 0.15) is 11.6 Å². The molecule has 2 aromatic carbocycles. The van der Waals surface area contributed by atoms with Crippen LogP contribution in [-0.4, -0.2) is 29.2 Å². The van der Waals surface area contributed by atoms with Gasteiger partial charge in [0.2, 0.25) is 0 Å². The summed E-state index contributed by atoms with van der Waals surface area (Å²) in [6.45, 7) is 2.97. The highest BCUT2D eigenvalue weighted by atomic mass is 16.5. The van der Waals surface area contributed by atoms with Gasteiger partial charge in [-0.3, -0.25) is 0 Å². The number of nitrogens with one attached hydrogen (secondary N) is 1. The number of rotatable bonds is 5. The third kappa shape index (κ3) is 3.86. The van der Waals surface area contributed by atoms with Crippen LogP contribution in [0, 0.1) is 6.92 Å². The molecular weight excluding hydrogens is 384 g/mol. The summed E-state index contributed by atoms with van der Waals surface area (Å²) in [6, 6.07) is 17.5. The fraction of sp³-hybridized carbons (Fsp3) is 0.346. The summed E-state index contributed by atoms with van der Waals surface area (Å²) in [7, 11) is 1.70. The van der Waals surface area contributed by atoms with E-state index in [0.717, 1.165) is 48.3 Å². The van der Waals surface area contributed by atoms with Crippen molar-refractivity contribution in [2.24, 2.45) is 5.73 Å². The molecule has 0 spiro atoms. The highest BCUT2D eigenvalue weighted by Crippen LogP contribution is 2.32. The molecule has 2 unspecified atom stereocenters. The van der Waals surface area contributed by atoms with Crippen LogP contribution in [0.3, 0.4) is 0 Å². The Morgan fingerprint density at radius 2 is 2.00 bits per heavy atom. The number of aromatic nitrogens is 2. The fourth-order valence-corrected chi connectivity index (χ4v) is 4.96. The highest BCUT2D eigenvalue weighted by Gasteiger charge is 2.27. The monoisotopic (exact) mass is 414 g/mol. The molecular formula is C26H30N4O. The average Bonchev–Trinajstić information content (AvgIpc) is 3.20. The van der Waals surface area contributed by atoms with Gasteiger partial charge in [-0.2, -0.15) is 0 Å². The van der Waals surface area contributed by atoms with Gasteiger partial charge in [0.05, 0.1) is 12.6 Å². The lowest BCUT2D eigenvalue weighted by atomic mass is 9.90. The summed E-state index contributed by atoms with van der Waals surface area (Å²) < 4.78 is 5.42. The van der Waals surface area contributed by atoms with Crippen LogP contribution in [0.4, 0.5) is 5.82 Å². The van der Waals surface area contributed by atoms with Crippen molar-refractivity contribution in [3.8, 4) is 5.75 Å². The number of pyridine rings is 1. The average molecular weight is 415 g/mol. The molecule has 1 aliphatic carbocycles. The SMILES string of the molecule is COc1ccc2nc(N(Cc3c[nH]c4ccccc34)C3CCCC(N)C3)cc(C)c2c1. The Labute approximate surface area is 183 Å². The summed E-state index contributed by atoms with van der Waals surface area (Å²) in [6.07, 6.45) is 6.57. The van der Waals surface area contributed by atoms with E-state index < -0.39 is 0 Å². The first-order valence-corrected chi connectivity index (χ1v) is 11.1. The number of nitrogens with zero attached hydrogens (tertiary/aromatic N) is 2. The number of H-pyrrole nitrogens is 1. The van der Waals surface area contributed by atoms with Crippen molar-refractivity contribution in [1.29, 1.82) is 0 Å². The summed E-state index contributed by atoms with van der Waals surface area (Å²) in [4.78, 5) is 11.0.